The Labute approximate surface area is 152 Å². The number of carboxylic acid groups (broad SMARTS) is 1. The van der Waals surface area contributed by atoms with E-state index >= 15 is 0 Å². The summed E-state index contributed by atoms with van der Waals surface area (Å²) < 4.78 is 1.02. The van der Waals surface area contributed by atoms with Crippen molar-refractivity contribution in [2.24, 2.45) is 23.7 Å². The van der Waals surface area contributed by atoms with Crippen molar-refractivity contribution >= 4 is 39.4 Å². The standard InChI is InChI=1S/C18H17BrN2O4/c1-7(18(24)25)20-16(22)12-10-6-11(13(12)17(20)23)15-14(10)21(15)9-4-2-8(19)3-5-9/h2-5,7,10-15H,6H2,1H3,(H,24,25)/t7-,10-,11+,12-,13+,14-,15+,21?/m1/s1. The molecular formula is C18H17BrN2O4. The van der Waals surface area contributed by atoms with Crippen molar-refractivity contribution in [1.29, 1.82) is 0 Å². The van der Waals surface area contributed by atoms with Crippen LogP contribution in [0.1, 0.15) is 13.3 Å². The molecule has 7 atom stereocenters. The van der Waals surface area contributed by atoms with E-state index < -0.39 is 12.0 Å². The highest BCUT2D eigenvalue weighted by Gasteiger charge is 2.76. The zero-order chi connectivity index (χ0) is 17.6. The van der Waals surface area contributed by atoms with Crippen molar-refractivity contribution in [2.75, 3.05) is 4.90 Å². The fourth-order valence-corrected chi connectivity index (χ4v) is 5.85. The van der Waals surface area contributed by atoms with Crippen LogP contribution in [-0.4, -0.2) is 45.9 Å². The molecule has 0 aromatic heterocycles. The number of carboxylic acids is 1. The van der Waals surface area contributed by atoms with E-state index in [2.05, 4.69) is 33.0 Å². The first-order chi connectivity index (χ1) is 11.9. The van der Waals surface area contributed by atoms with Gasteiger partial charge in [0.25, 0.3) is 0 Å². The average Bonchev–Trinajstić information content (AvgIpc) is 2.91. The van der Waals surface area contributed by atoms with Gasteiger partial charge in [-0.25, -0.2) is 4.79 Å². The van der Waals surface area contributed by atoms with Crippen LogP contribution in [0.5, 0.6) is 0 Å². The van der Waals surface area contributed by atoms with Gasteiger partial charge < -0.3 is 10.0 Å². The summed E-state index contributed by atoms with van der Waals surface area (Å²) in [6.45, 7) is 1.41. The van der Waals surface area contributed by atoms with E-state index in [-0.39, 0.29) is 35.5 Å². The van der Waals surface area contributed by atoms with E-state index in [1.807, 2.05) is 12.1 Å². The number of hydrogen-bond acceptors (Lipinski definition) is 4. The maximum atomic E-state index is 12.8. The number of amides is 2. The Balaban J connectivity index is 1.44. The number of imide groups is 1. The van der Waals surface area contributed by atoms with Gasteiger partial charge in [0.15, 0.2) is 0 Å². The zero-order valence-electron chi connectivity index (χ0n) is 13.5. The number of fused-ring (bicyclic) bond motifs is 8. The number of benzene rings is 1. The van der Waals surface area contributed by atoms with E-state index in [0.29, 0.717) is 12.1 Å². The summed E-state index contributed by atoms with van der Waals surface area (Å²) >= 11 is 3.44. The summed E-state index contributed by atoms with van der Waals surface area (Å²) in [5.74, 6) is -2.04. The lowest BCUT2D eigenvalue weighted by atomic mass is 9.81. The molecule has 6 nitrogen and oxygen atoms in total. The second kappa shape index (κ2) is 4.84. The summed E-state index contributed by atoms with van der Waals surface area (Å²) in [4.78, 5) is 40.2. The van der Waals surface area contributed by atoms with Crippen molar-refractivity contribution in [3.8, 4) is 0 Å². The molecule has 2 aliphatic carbocycles. The Bertz CT molecular complexity index is 776. The molecule has 130 valence electrons. The number of anilines is 1. The Hall–Kier alpha value is -1.89. The van der Waals surface area contributed by atoms with Gasteiger partial charge in [0.05, 0.1) is 23.9 Å². The molecule has 2 amide bonds. The molecule has 2 aliphatic heterocycles. The highest BCUT2D eigenvalue weighted by Crippen LogP contribution is 2.66. The Kier molecular flexibility index (Phi) is 2.98. The number of piperidine rings is 1. The van der Waals surface area contributed by atoms with E-state index in [1.165, 1.54) is 6.92 Å². The third-order valence-electron chi connectivity index (χ3n) is 6.55. The summed E-state index contributed by atoms with van der Waals surface area (Å²) in [6, 6.07) is 7.65. The number of halogens is 1. The smallest absolute Gasteiger partial charge is 0.326 e. The van der Waals surface area contributed by atoms with Crippen LogP contribution < -0.4 is 4.90 Å². The molecule has 5 rings (SSSR count). The van der Waals surface area contributed by atoms with Crippen molar-refractivity contribution in [2.45, 2.75) is 31.5 Å². The average molecular weight is 405 g/mol. The van der Waals surface area contributed by atoms with Gasteiger partial charge in [0.1, 0.15) is 6.04 Å². The number of aliphatic carboxylic acids is 1. The largest absolute Gasteiger partial charge is 0.480 e. The Morgan fingerprint density at radius 3 is 2.12 bits per heavy atom. The fraction of sp³-hybridized carbons (Fsp3) is 0.500. The highest BCUT2D eigenvalue weighted by atomic mass is 79.9. The number of hydrogen-bond donors (Lipinski definition) is 1. The number of likely N-dealkylation sites (tertiary alicyclic amines) is 1. The Morgan fingerprint density at radius 2 is 1.64 bits per heavy atom. The fourth-order valence-electron chi connectivity index (χ4n) is 5.58. The minimum Gasteiger partial charge on any atom is -0.480 e. The molecule has 7 heteroatoms. The second-order valence-corrected chi connectivity index (χ2v) is 8.46. The maximum absolute atomic E-state index is 12.8. The molecule has 0 spiro atoms. The van der Waals surface area contributed by atoms with Gasteiger partial charge in [-0.05, 0) is 49.4 Å². The summed E-state index contributed by atoms with van der Waals surface area (Å²) in [6.07, 6.45) is 0.907. The van der Waals surface area contributed by atoms with Gasteiger partial charge >= 0.3 is 5.97 Å². The first kappa shape index (κ1) is 15.4. The van der Waals surface area contributed by atoms with Crippen LogP contribution in [0.4, 0.5) is 5.69 Å². The summed E-state index contributed by atoms with van der Waals surface area (Å²) in [7, 11) is 0. The molecular weight excluding hydrogens is 388 g/mol. The molecule has 4 fully saturated rings. The van der Waals surface area contributed by atoms with Gasteiger partial charge in [0, 0.05) is 10.2 Å². The lowest BCUT2D eigenvalue weighted by molar-refractivity contribution is -0.154. The first-order valence-electron chi connectivity index (χ1n) is 8.55. The van der Waals surface area contributed by atoms with Gasteiger partial charge in [-0.3, -0.25) is 14.5 Å². The number of carbonyl (C=O) groups is 3. The first-order valence-corrected chi connectivity index (χ1v) is 9.34. The third-order valence-corrected chi connectivity index (χ3v) is 7.08. The third kappa shape index (κ3) is 1.82. The number of rotatable bonds is 3. The molecule has 1 N–H and O–H groups in total. The van der Waals surface area contributed by atoms with Crippen LogP contribution >= 0.6 is 15.9 Å². The number of carbonyl (C=O) groups excluding carboxylic acids is 2. The SMILES string of the molecule is C[C@H](C(=O)O)N1C(=O)[C@@H]2[C@H]3C[C@@H]([C@@H]2C1=O)[C@H]1[C@@H]3N1c1ccc(Br)cc1. The molecule has 25 heavy (non-hydrogen) atoms. The molecule has 2 saturated carbocycles. The quantitative estimate of drug-likeness (QED) is 0.612. The molecule has 2 heterocycles. The minimum absolute atomic E-state index is 0.158. The topological polar surface area (TPSA) is 77.7 Å². The van der Waals surface area contributed by atoms with Crippen LogP contribution in [0, 0.1) is 23.7 Å². The van der Waals surface area contributed by atoms with E-state index in [9.17, 15) is 19.5 Å². The molecule has 0 radical (unpaired) electrons. The van der Waals surface area contributed by atoms with Crippen LogP contribution in [-0.2, 0) is 14.4 Å². The van der Waals surface area contributed by atoms with Gasteiger partial charge in [-0.2, -0.15) is 0 Å². The minimum atomic E-state index is -1.13. The van der Waals surface area contributed by atoms with Crippen LogP contribution in [0.25, 0.3) is 0 Å². The predicted molar refractivity (Wildman–Crippen MR) is 91.7 cm³/mol. The predicted octanol–water partition coefficient (Wildman–Crippen LogP) is 1.73. The summed E-state index contributed by atoms with van der Waals surface area (Å²) in [5, 5.41) is 9.20. The molecule has 4 aliphatic rings. The van der Waals surface area contributed by atoms with Crippen LogP contribution in [0.2, 0.25) is 0 Å². The summed E-state index contributed by atoms with van der Waals surface area (Å²) in [5.41, 5.74) is 1.13. The second-order valence-electron chi connectivity index (χ2n) is 7.54. The van der Waals surface area contributed by atoms with Crippen LogP contribution in [0.15, 0.2) is 28.7 Å². The lowest BCUT2D eigenvalue weighted by Gasteiger charge is -2.23. The van der Waals surface area contributed by atoms with E-state index in [1.54, 1.807) is 0 Å². The lowest BCUT2D eigenvalue weighted by Crippen LogP contribution is -2.44. The zero-order valence-corrected chi connectivity index (χ0v) is 15.1. The van der Waals surface area contributed by atoms with Crippen LogP contribution in [0.3, 0.4) is 0 Å². The van der Waals surface area contributed by atoms with E-state index in [0.717, 1.165) is 21.5 Å². The van der Waals surface area contributed by atoms with Gasteiger partial charge in [0.2, 0.25) is 11.8 Å². The van der Waals surface area contributed by atoms with Crippen molar-refractivity contribution < 1.29 is 19.5 Å². The molecule has 2 saturated heterocycles. The van der Waals surface area contributed by atoms with Crippen molar-refractivity contribution in [3.05, 3.63) is 28.7 Å². The Morgan fingerprint density at radius 1 is 1.12 bits per heavy atom. The number of nitrogens with zero attached hydrogens (tertiary/aromatic N) is 2. The molecule has 1 aromatic rings. The molecule has 2 bridgehead atoms. The molecule has 1 aromatic carbocycles. The van der Waals surface area contributed by atoms with E-state index in [4.69, 9.17) is 0 Å². The maximum Gasteiger partial charge on any atom is 0.326 e. The van der Waals surface area contributed by atoms with Crippen molar-refractivity contribution in [3.63, 3.8) is 0 Å². The normalized spacial score (nSPS) is 38.8. The van der Waals surface area contributed by atoms with Gasteiger partial charge in [-0.15, -0.1) is 0 Å². The molecule has 0 unspecified atom stereocenters. The monoisotopic (exact) mass is 404 g/mol. The highest BCUT2D eigenvalue weighted by molar-refractivity contribution is 9.10. The van der Waals surface area contributed by atoms with Crippen molar-refractivity contribution in [1.82, 2.24) is 4.90 Å². The van der Waals surface area contributed by atoms with Gasteiger partial charge in [-0.1, -0.05) is 15.9 Å².